The Morgan fingerprint density at radius 3 is 2.08 bits per heavy atom. The lowest BCUT2D eigenvalue weighted by Gasteiger charge is -2.16. The van der Waals surface area contributed by atoms with Gasteiger partial charge in [0.05, 0.1) is 13.2 Å². The van der Waals surface area contributed by atoms with Crippen molar-refractivity contribution < 1.29 is 14.9 Å². The lowest BCUT2D eigenvalue weighted by atomic mass is 9.91. The minimum atomic E-state index is -1.12. The zero-order valence-corrected chi connectivity index (χ0v) is 15.1. The van der Waals surface area contributed by atoms with E-state index in [4.69, 9.17) is 4.74 Å². The van der Waals surface area contributed by atoms with Gasteiger partial charge < -0.3 is 14.9 Å². The second-order valence-electron chi connectivity index (χ2n) is 6.37. The number of aliphatic hydroxyl groups excluding tert-OH is 1. The van der Waals surface area contributed by atoms with Crippen molar-refractivity contribution in [3.8, 4) is 17.6 Å². The fourth-order valence-corrected chi connectivity index (χ4v) is 2.48. The zero-order chi connectivity index (χ0) is 18.4. The maximum absolute atomic E-state index is 10.4. The third kappa shape index (κ3) is 5.22. The molecule has 2 rings (SSSR count). The van der Waals surface area contributed by atoms with E-state index in [1.807, 2.05) is 54.6 Å². The molecule has 2 aromatic carbocycles. The van der Waals surface area contributed by atoms with Crippen LogP contribution in [0, 0.1) is 11.8 Å². The number of benzene rings is 2. The molecule has 130 valence electrons. The molecule has 0 heterocycles. The second kappa shape index (κ2) is 8.02. The average molecular weight is 336 g/mol. The van der Waals surface area contributed by atoms with E-state index in [1.165, 1.54) is 0 Å². The average Bonchev–Trinajstić information content (AvgIpc) is 2.58. The topological polar surface area (TPSA) is 49.7 Å². The van der Waals surface area contributed by atoms with E-state index in [9.17, 15) is 10.2 Å². The number of hydrogen-bond acceptors (Lipinski definition) is 3. The monoisotopic (exact) mass is 336 g/mol. The summed E-state index contributed by atoms with van der Waals surface area (Å²) < 4.78 is 5.21. The van der Waals surface area contributed by atoms with Crippen molar-refractivity contribution in [2.45, 2.75) is 32.5 Å². The molecule has 25 heavy (non-hydrogen) atoms. The van der Waals surface area contributed by atoms with Crippen molar-refractivity contribution in [2.24, 2.45) is 0 Å². The van der Waals surface area contributed by atoms with Gasteiger partial charge in [-0.1, -0.05) is 54.3 Å². The summed E-state index contributed by atoms with van der Waals surface area (Å²) in [6.45, 7) is 4.99. The molecule has 2 aromatic rings. The summed E-state index contributed by atoms with van der Waals surface area (Å²) in [5.74, 6) is 6.68. The van der Waals surface area contributed by atoms with Crippen LogP contribution in [0.5, 0.6) is 5.75 Å². The third-order valence-electron chi connectivity index (χ3n) is 3.64. The van der Waals surface area contributed by atoms with E-state index in [0.717, 1.165) is 16.9 Å². The highest BCUT2D eigenvalue weighted by atomic mass is 16.5. The van der Waals surface area contributed by atoms with Crippen molar-refractivity contribution >= 4 is 11.1 Å². The van der Waals surface area contributed by atoms with Crippen LogP contribution in [-0.4, -0.2) is 29.0 Å². The van der Waals surface area contributed by atoms with Crippen LogP contribution in [0.25, 0.3) is 11.1 Å². The second-order valence-corrected chi connectivity index (χ2v) is 6.37. The van der Waals surface area contributed by atoms with E-state index >= 15 is 0 Å². The van der Waals surface area contributed by atoms with Crippen LogP contribution >= 0.6 is 0 Å². The Morgan fingerprint density at radius 1 is 1.00 bits per heavy atom. The first-order chi connectivity index (χ1) is 11.8. The molecule has 1 atom stereocenters. The van der Waals surface area contributed by atoms with Gasteiger partial charge in [-0.05, 0) is 44.0 Å². The molecule has 0 aliphatic rings. The Bertz CT molecular complexity index is 783. The number of allylic oxidation sites excluding steroid dienone is 1. The lowest BCUT2D eigenvalue weighted by molar-refractivity contribution is 0.143. The minimum absolute atomic E-state index is 0.697. The molecule has 0 spiro atoms. The molecule has 1 unspecified atom stereocenters. The van der Waals surface area contributed by atoms with E-state index in [-0.39, 0.29) is 0 Å². The van der Waals surface area contributed by atoms with Crippen molar-refractivity contribution in [3.63, 3.8) is 0 Å². The number of hydrogen-bond donors (Lipinski definition) is 2. The molecule has 0 aliphatic heterocycles. The molecule has 0 aromatic heterocycles. The van der Waals surface area contributed by atoms with E-state index in [2.05, 4.69) is 11.8 Å². The van der Waals surface area contributed by atoms with Crippen LogP contribution in [0.2, 0.25) is 0 Å². The Balaban J connectivity index is 2.70. The maximum Gasteiger partial charge on any atom is 0.120 e. The first-order valence-electron chi connectivity index (χ1n) is 8.19. The van der Waals surface area contributed by atoms with Crippen molar-refractivity contribution in [3.05, 3.63) is 65.7 Å². The Morgan fingerprint density at radius 2 is 1.60 bits per heavy atom. The van der Waals surface area contributed by atoms with Gasteiger partial charge in [0.25, 0.3) is 0 Å². The smallest absolute Gasteiger partial charge is 0.120 e. The van der Waals surface area contributed by atoms with Crippen molar-refractivity contribution in [1.29, 1.82) is 0 Å². The molecule has 3 nitrogen and oxygen atoms in total. The normalized spacial score (nSPS) is 13.4. The fraction of sp³-hybridized carbons (Fsp3) is 0.273. The highest BCUT2D eigenvalue weighted by molar-refractivity contribution is 5.99. The molecule has 3 heteroatoms. The molecular formula is C22H24O3. The Labute approximate surface area is 149 Å². The molecule has 0 bridgehead atoms. The number of ether oxygens (including phenoxy) is 1. The highest BCUT2D eigenvalue weighted by Crippen LogP contribution is 2.30. The molecule has 0 amide bonds. The van der Waals surface area contributed by atoms with Crippen LogP contribution < -0.4 is 4.74 Å². The molecular weight excluding hydrogens is 312 g/mol. The number of rotatable bonds is 4. The number of aliphatic hydroxyl groups is 2. The molecule has 0 fully saturated rings. The predicted molar refractivity (Wildman–Crippen MR) is 102 cm³/mol. The van der Waals surface area contributed by atoms with Crippen LogP contribution in [0.4, 0.5) is 0 Å². The minimum Gasteiger partial charge on any atom is -0.497 e. The van der Waals surface area contributed by atoms with Crippen molar-refractivity contribution in [2.75, 3.05) is 7.11 Å². The first-order valence-corrected chi connectivity index (χ1v) is 8.19. The van der Waals surface area contributed by atoms with Gasteiger partial charge in [0.15, 0.2) is 0 Å². The zero-order valence-electron chi connectivity index (χ0n) is 15.1. The largest absolute Gasteiger partial charge is 0.497 e. The van der Waals surface area contributed by atoms with Gasteiger partial charge in [-0.25, -0.2) is 0 Å². The van der Waals surface area contributed by atoms with E-state index in [0.29, 0.717) is 11.1 Å². The molecule has 0 radical (unpaired) electrons. The van der Waals surface area contributed by atoms with Gasteiger partial charge in [-0.15, -0.1) is 0 Å². The summed E-state index contributed by atoms with van der Waals surface area (Å²) in [6, 6.07) is 17.2. The summed E-state index contributed by atoms with van der Waals surface area (Å²) in [4.78, 5) is 0. The van der Waals surface area contributed by atoms with Crippen molar-refractivity contribution in [1.82, 2.24) is 0 Å². The highest BCUT2D eigenvalue weighted by Gasteiger charge is 2.16. The van der Waals surface area contributed by atoms with Gasteiger partial charge in [-0.2, -0.15) is 0 Å². The number of methoxy groups -OCH3 is 1. The SMILES string of the molecule is COc1ccc(/C(=C(/C#CC(C)(C)O)c2ccccc2)C(C)O)cc1. The Kier molecular flexibility index (Phi) is 6.03. The first kappa shape index (κ1) is 18.8. The van der Waals surface area contributed by atoms with Crippen LogP contribution in [0.1, 0.15) is 31.9 Å². The maximum atomic E-state index is 10.4. The van der Waals surface area contributed by atoms with Gasteiger partial charge in [0.2, 0.25) is 0 Å². The summed E-state index contributed by atoms with van der Waals surface area (Å²) in [6.07, 6.45) is -0.722. The summed E-state index contributed by atoms with van der Waals surface area (Å²) >= 11 is 0. The molecule has 2 N–H and O–H groups in total. The standard InChI is InChI=1S/C22H24O3/c1-16(23)21(18-10-12-19(25-4)13-11-18)20(14-15-22(2,3)24)17-8-6-5-7-9-17/h5-13,16,23-24H,1-4H3/b21-20-. The van der Waals surface area contributed by atoms with Crippen LogP contribution in [0.3, 0.4) is 0 Å². The third-order valence-corrected chi connectivity index (χ3v) is 3.64. The van der Waals surface area contributed by atoms with Gasteiger partial charge in [0.1, 0.15) is 11.4 Å². The predicted octanol–water partition coefficient (Wildman–Crippen LogP) is 3.76. The Hall–Kier alpha value is -2.54. The summed E-state index contributed by atoms with van der Waals surface area (Å²) in [5, 5.41) is 20.4. The van der Waals surface area contributed by atoms with Gasteiger partial charge in [0, 0.05) is 11.1 Å². The van der Waals surface area contributed by atoms with Crippen LogP contribution in [-0.2, 0) is 0 Å². The molecule has 0 aliphatic carbocycles. The summed E-state index contributed by atoms with van der Waals surface area (Å²) in [5.41, 5.74) is 2.04. The summed E-state index contributed by atoms with van der Waals surface area (Å²) in [7, 11) is 1.62. The molecule has 0 saturated carbocycles. The van der Waals surface area contributed by atoms with Gasteiger partial charge >= 0.3 is 0 Å². The van der Waals surface area contributed by atoms with E-state index in [1.54, 1.807) is 27.9 Å². The quantitative estimate of drug-likeness (QED) is 0.660. The fourth-order valence-electron chi connectivity index (χ4n) is 2.48. The lowest BCUT2D eigenvalue weighted by Crippen LogP contribution is -2.15. The molecule has 0 saturated heterocycles. The van der Waals surface area contributed by atoms with E-state index < -0.39 is 11.7 Å². The van der Waals surface area contributed by atoms with Gasteiger partial charge in [-0.3, -0.25) is 0 Å². The van der Waals surface area contributed by atoms with Crippen LogP contribution in [0.15, 0.2) is 54.6 Å².